The molecular weight excluding hydrogens is 230 g/mol. The van der Waals surface area contributed by atoms with Crippen LogP contribution in [0.25, 0.3) is 0 Å². The Morgan fingerprint density at radius 2 is 1.78 bits per heavy atom. The summed E-state index contributed by atoms with van der Waals surface area (Å²) in [6.07, 6.45) is 3.84. The van der Waals surface area contributed by atoms with Crippen LogP contribution in [0.4, 0.5) is 0 Å². The molecule has 0 spiro atoms. The lowest BCUT2D eigenvalue weighted by Gasteiger charge is -2.11. The first-order valence-electron chi connectivity index (χ1n) is 6.31. The molecular formula is C13H23N3O2. The fraction of sp³-hybridized carbons (Fsp3) is 0.692. The topological polar surface area (TPSA) is 56.3 Å². The Bertz CT molecular complexity index is 334. The second-order valence-electron chi connectivity index (χ2n) is 4.58. The molecule has 0 bridgehead atoms. The predicted octanol–water partition coefficient (Wildman–Crippen LogP) is 2.02. The van der Waals surface area contributed by atoms with E-state index in [0.29, 0.717) is 18.3 Å². The van der Waals surface area contributed by atoms with Crippen molar-refractivity contribution >= 4 is 0 Å². The summed E-state index contributed by atoms with van der Waals surface area (Å²) in [5, 5.41) is 3.37. The molecule has 18 heavy (non-hydrogen) atoms. The standard InChI is InChI=1S/C13H23N3O2/c1-10(2)6-5-7-14-8-11-12(17-3)15-9-16-13(11)18-4/h9-10,14H,5-8H2,1-4H3. The molecule has 1 aromatic heterocycles. The average molecular weight is 253 g/mol. The minimum atomic E-state index is 0.568. The average Bonchev–Trinajstić information content (AvgIpc) is 2.37. The smallest absolute Gasteiger partial charge is 0.224 e. The van der Waals surface area contributed by atoms with Gasteiger partial charge in [-0.2, -0.15) is 0 Å². The van der Waals surface area contributed by atoms with Crippen LogP contribution in [-0.2, 0) is 6.54 Å². The molecule has 0 saturated carbocycles. The van der Waals surface area contributed by atoms with Gasteiger partial charge in [0.1, 0.15) is 6.33 Å². The van der Waals surface area contributed by atoms with Crippen LogP contribution in [0.3, 0.4) is 0 Å². The summed E-state index contributed by atoms with van der Waals surface area (Å²) < 4.78 is 10.4. The van der Waals surface area contributed by atoms with Gasteiger partial charge in [0.15, 0.2) is 0 Å². The van der Waals surface area contributed by atoms with Crippen LogP contribution in [0.15, 0.2) is 6.33 Å². The van der Waals surface area contributed by atoms with E-state index in [-0.39, 0.29) is 0 Å². The molecule has 0 saturated heterocycles. The Morgan fingerprint density at radius 3 is 2.28 bits per heavy atom. The van der Waals surface area contributed by atoms with Crippen molar-refractivity contribution in [2.75, 3.05) is 20.8 Å². The molecule has 5 nitrogen and oxygen atoms in total. The normalized spacial score (nSPS) is 10.7. The number of hydrogen-bond acceptors (Lipinski definition) is 5. The van der Waals surface area contributed by atoms with E-state index in [4.69, 9.17) is 9.47 Å². The van der Waals surface area contributed by atoms with E-state index in [9.17, 15) is 0 Å². The Morgan fingerprint density at radius 1 is 1.17 bits per heavy atom. The second-order valence-corrected chi connectivity index (χ2v) is 4.58. The zero-order valence-corrected chi connectivity index (χ0v) is 11.7. The monoisotopic (exact) mass is 253 g/mol. The third kappa shape index (κ3) is 4.49. The van der Waals surface area contributed by atoms with Crippen molar-refractivity contribution in [2.24, 2.45) is 5.92 Å². The molecule has 5 heteroatoms. The Labute approximate surface area is 109 Å². The maximum atomic E-state index is 5.21. The highest BCUT2D eigenvalue weighted by Crippen LogP contribution is 2.22. The van der Waals surface area contributed by atoms with Gasteiger partial charge in [-0.25, -0.2) is 9.97 Å². The van der Waals surface area contributed by atoms with Crippen LogP contribution >= 0.6 is 0 Å². The summed E-state index contributed by atoms with van der Waals surface area (Å²) in [7, 11) is 3.20. The van der Waals surface area contributed by atoms with Crippen molar-refractivity contribution in [1.29, 1.82) is 0 Å². The van der Waals surface area contributed by atoms with Crippen molar-refractivity contribution in [3.8, 4) is 11.8 Å². The third-order valence-electron chi connectivity index (χ3n) is 2.69. The van der Waals surface area contributed by atoms with Crippen molar-refractivity contribution in [3.63, 3.8) is 0 Å². The lowest BCUT2D eigenvalue weighted by molar-refractivity contribution is 0.359. The van der Waals surface area contributed by atoms with Crippen LogP contribution in [-0.4, -0.2) is 30.7 Å². The first kappa shape index (κ1) is 14.7. The fourth-order valence-electron chi connectivity index (χ4n) is 1.73. The highest BCUT2D eigenvalue weighted by molar-refractivity contribution is 5.34. The third-order valence-corrected chi connectivity index (χ3v) is 2.69. The molecule has 0 amide bonds. The zero-order valence-electron chi connectivity index (χ0n) is 11.7. The maximum Gasteiger partial charge on any atom is 0.224 e. The van der Waals surface area contributed by atoms with Crippen LogP contribution in [0, 0.1) is 5.92 Å². The van der Waals surface area contributed by atoms with Crippen LogP contribution < -0.4 is 14.8 Å². The number of ether oxygens (including phenoxy) is 2. The Kier molecular flexibility index (Phi) is 6.43. The van der Waals surface area contributed by atoms with Crippen molar-refractivity contribution in [2.45, 2.75) is 33.2 Å². The van der Waals surface area contributed by atoms with E-state index in [1.165, 1.54) is 12.7 Å². The number of hydrogen-bond donors (Lipinski definition) is 1. The van der Waals surface area contributed by atoms with Gasteiger partial charge in [-0.15, -0.1) is 0 Å². The van der Waals surface area contributed by atoms with Crippen molar-refractivity contribution in [1.82, 2.24) is 15.3 Å². The first-order valence-corrected chi connectivity index (χ1v) is 6.31. The highest BCUT2D eigenvalue weighted by atomic mass is 16.5. The summed E-state index contributed by atoms with van der Waals surface area (Å²) in [4.78, 5) is 8.16. The molecule has 0 atom stereocenters. The Hall–Kier alpha value is -1.36. The molecule has 0 aromatic carbocycles. The molecule has 0 aliphatic rings. The lowest BCUT2D eigenvalue weighted by atomic mass is 10.1. The number of nitrogens with zero attached hydrogens (tertiary/aromatic N) is 2. The number of methoxy groups -OCH3 is 2. The molecule has 0 aliphatic heterocycles. The molecule has 0 fully saturated rings. The van der Waals surface area contributed by atoms with Gasteiger partial charge in [-0.3, -0.25) is 0 Å². The quantitative estimate of drug-likeness (QED) is 0.718. The van der Waals surface area contributed by atoms with Crippen molar-refractivity contribution in [3.05, 3.63) is 11.9 Å². The van der Waals surface area contributed by atoms with Crippen LogP contribution in [0.1, 0.15) is 32.3 Å². The SMILES string of the molecule is COc1ncnc(OC)c1CNCCCC(C)C. The predicted molar refractivity (Wildman–Crippen MR) is 70.9 cm³/mol. The molecule has 1 aromatic rings. The minimum Gasteiger partial charge on any atom is -0.481 e. The summed E-state index contributed by atoms with van der Waals surface area (Å²) in [6.45, 7) is 6.10. The van der Waals surface area contributed by atoms with E-state index in [2.05, 4.69) is 29.1 Å². The molecule has 102 valence electrons. The van der Waals surface area contributed by atoms with E-state index in [1.807, 2.05) is 0 Å². The second kappa shape index (κ2) is 7.87. The zero-order chi connectivity index (χ0) is 13.4. The molecule has 0 aliphatic carbocycles. The van der Waals surface area contributed by atoms with E-state index < -0.39 is 0 Å². The fourth-order valence-corrected chi connectivity index (χ4v) is 1.73. The van der Waals surface area contributed by atoms with Gasteiger partial charge >= 0.3 is 0 Å². The van der Waals surface area contributed by atoms with Gasteiger partial charge in [0, 0.05) is 6.54 Å². The number of nitrogens with one attached hydrogen (secondary N) is 1. The van der Waals surface area contributed by atoms with Crippen LogP contribution in [0.5, 0.6) is 11.8 Å². The first-order chi connectivity index (χ1) is 8.69. The maximum absolute atomic E-state index is 5.21. The van der Waals surface area contributed by atoms with Gasteiger partial charge in [0.05, 0.1) is 19.8 Å². The molecule has 0 radical (unpaired) electrons. The van der Waals surface area contributed by atoms with E-state index >= 15 is 0 Å². The number of rotatable bonds is 8. The van der Waals surface area contributed by atoms with E-state index in [1.54, 1.807) is 14.2 Å². The number of aromatic nitrogens is 2. The van der Waals surface area contributed by atoms with Crippen LogP contribution in [0.2, 0.25) is 0 Å². The summed E-state index contributed by atoms with van der Waals surface area (Å²) in [5.41, 5.74) is 0.868. The molecule has 1 heterocycles. The van der Waals surface area contributed by atoms with Gasteiger partial charge in [0.25, 0.3) is 0 Å². The minimum absolute atomic E-state index is 0.568. The van der Waals surface area contributed by atoms with E-state index in [0.717, 1.165) is 24.4 Å². The summed E-state index contributed by atoms with van der Waals surface area (Å²) in [5.74, 6) is 1.88. The molecule has 1 rings (SSSR count). The summed E-state index contributed by atoms with van der Waals surface area (Å²) >= 11 is 0. The lowest BCUT2D eigenvalue weighted by Crippen LogP contribution is -2.17. The Balaban J connectivity index is 2.50. The largest absolute Gasteiger partial charge is 0.481 e. The summed E-state index contributed by atoms with van der Waals surface area (Å²) in [6, 6.07) is 0. The van der Waals surface area contributed by atoms with Gasteiger partial charge < -0.3 is 14.8 Å². The van der Waals surface area contributed by atoms with Gasteiger partial charge in [-0.05, 0) is 25.3 Å². The van der Waals surface area contributed by atoms with Gasteiger partial charge in [-0.1, -0.05) is 13.8 Å². The highest BCUT2D eigenvalue weighted by Gasteiger charge is 2.11. The van der Waals surface area contributed by atoms with Gasteiger partial charge in [0.2, 0.25) is 11.8 Å². The van der Waals surface area contributed by atoms with Crippen molar-refractivity contribution < 1.29 is 9.47 Å². The molecule has 0 unspecified atom stereocenters. The molecule has 1 N–H and O–H groups in total.